The number of halogens is 1. The van der Waals surface area contributed by atoms with Gasteiger partial charge in [-0.2, -0.15) is 0 Å². The molecule has 2 amide bonds. The molecular weight excluding hydrogens is 576 g/mol. The Morgan fingerprint density at radius 2 is 2.05 bits per heavy atom. The summed E-state index contributed by atoms with van der Waals surface area (Å²) in [7, 11) is 2.08. The maximum atomic E-state index is 14.7. The Bertz CT molecular complexity index is 1570. The third-order valence-electron chi connectivity index (χ3n) is 7.81. The highest BCUT2D eigenvalue weighted by atomic mass is 32.2. The highest BCUT2D eigenvalue weighted by molar-refractivity contribution is 7.94. The molecular formula is C30H33FN6O3S2. The lowest BCUT2D eigenvalue weighted by Gasteiger charge is -2.24. The first kappa shape index (κ1) is 29.9. The summed E-state index contributed by atoms with van der Waals surface area (Å²) in [6.07, 6.45) is 5.94. The maximum Gasteiger partial charge on any atom is 0.265 e. The van der Waals surface area contributed by atoms with E-state index in [1.807, 2.05) is 6.07 Å². The number of carbonyl (C=O) groups excluding carboxylic acids is 2. The van der Waals surface area contributed by atoms with Crippen LogP contribution in [-0.4, -0.2) is 45.6 Å². The summed E-state index contributed by atoms with van der Waals surface area (Å²) >= 11 is 2.10. The molecule has 1 aliphatic heterocycles. The standard InChI is InChI=1S/C30H33FN6O3S2/c1-30(2)14-25-18(27(30)42-40)12-24(41-25)29(39)36-21-11-16(6-8-19(21)31)20(32)13-22(28(33)38)35-26-9-7-17(15-34-26)23-5-4-10-37(23)3/h6-9,11-13,15,23,27,32,40H,4-5,10,14H2,1-3H3,(H2,33,38)(H,34,35)(H,36,39)/b22-13+,32-20?. The number of nitrogens with two attached hydrogens (primary N) is 1. The Labute approximate surface area is 252 Å². The van der Waals surface area contributed by atoms with E-state index in [1.54, 1.807) is 18.3 Å². The number of primary amides is 1. The largest absolute Gasteiger partial charge is 0.364 e. The van der Waals surface area contributed by atoms with E-state index < -0.39 is 17.6 Å². The van der Waals surface area contributed by atoms with Crippen molar-refractivity contribution in [3.05, 3.63) is 86.6 Å². The number of thiophene rings is 1. The van der Waals surface area contributed by atoms with Crippen LogP contribution in [0.4, 0.5) is 15.9 Å². The number of nitrogens with one attached hydrogen (secondary N) is 3. The molecule has 220 valence electrons. The highest BCUT2D eigenvalue weighted by Gasteiger charge is 2.41. The van der Waals surface area contributed by atoms with E-state index in [4.69, 9.17) is 11.1 Å². The number of allylic oxidation sites excluding steroid dienone is 1. The van der Waals surface area contributed by atoms with Gasteiger partial charge in [-0.05, 0) is 97.8 Å². The Morgan fingerprint density at radius 3 is 2.69 bits per heavy atom. The number of hydrogen-bond donors (Lipinski definition) is 5. The third kappa shape index (κ3) is 6.12. The average Bonchev–Trinajstić information content (AvgIpc) is 3.61. The first-order valence-electron chi connectivity index (χ1n) is 13.5. The highest BCUT2D eigenvalue weighted by Crippen LogP contribution is 2.54. The van der Waals surface area contributed by atoms with Gasteiger partial charge in [0.05, 0.1) is 21.5 Å². The summed E-state index contributed by atoms with van der Waals surface area (Å²) in [5.74, 6) is -1.53. The number of fused-ring (bicyclic) bond motifs is 1. The SMILES string of the molecule is CN1CCCC1c1ccc(N/C(=C/C(=N)c2ccc(F)c(NC(=O)c3cc4c(s3)CC(C)(C)C4SO)c2)C(N)=O)nc1. The van der Waals surface area contributed by atoms with Crippen molar-refractivity contribution in [2.24, 2.45) is 11.1 Å². The van der Waals surface area contributed by atoms with Gasteiger partial charge in [0.25, 0.3) is 11.8 Å². The van der Waals surface area contributed by atoms with Crippen LogP contribution in [0.1, 0.15) is 69.2 Å². The molecule has 1 aromatic carbocycles. The lowest BCUT2D eigenvalue weighted by molar-refractivity contribution is -0.114. The molecule has 2 unspecified atom stereocenters. The van der Waals surface area contributed by atoms with E-state index in [0.717, 1.165) is 59.9 Å². The lowest BCUT2D eigenvalue weighted by atomic mass is 9.90. The zero-order chi connectivity index (χ0) is 30.2. The number of rotatable bonds is 9. The smallest absolute Gasteiger partial charge is 0.265 e. The number of benzene rings is 1. The van der Waals surface area contributed by atoms with Crippen molar-refractivity contribution < 1.29 is 18.5 Å². The molecule has 2 atom stereocenters. The van der Waals surface area contributed by atoms with Crippen molar-refractivity contribution in [3.8, 4) is 0 Å². The summed E-state index contributed by atoms with van der Waals surface area (Å²) in [5.41, 5.74) is 7.46. The van der Waals surface area contributed by atoms with Gasteiger partial charge in [0, 0.05) is 22.7 Å². The molecule has 2 aliphatic rings. The Balaban J connectivity index is 1.30. The number of carbonyl (C=O) groups is 2. The second kappa shape index (κ2) is 12.0. The van der Waals surface area contributed by atoms with Crippen molar-refractivity contribution >= 4 is 52.4 Å². The average molecular weight is 609 g/mol. The third-order valence-corrected chi connectivity index (χ3v) is 10.1. The normalized spacial score (nSPS) is 19.9. The number of amides is 2. The minimum atomic E-state index is -0.787. The number of likely N-dealkylation sites (tertiary alicyclic amines) is 1. The van der Waals surface area contributed by atoms with Gasteiger partial charge in [-0.15, -0.1) is 11.3 Å². The van der Waals surface area contributed by atoms with Crippen LogP contribution in [-0.2, 0) is 11.2 Å². The number of aromatic nitrogens is 1. The minimum Gasteiger partial charge on any atom is -0.364 e. The zero-order valence-corrected chi connectivity index (χ0v) is 25.2. The Morgan fingerprint density at radius 1 is 1.26 bits per heavy atom. The Kier molecular flexibility index (Phi) is 8.51. The van der Waals surface area contributed by atoms with E-state index in [1.165, 1.54) is 29.5 Å². The van der Waals surface area contributed by atoms with E-state index in [0.29, 0.717) is 16.7 Å². The van der Waals surface area contributed by atoms with Gasteiger partial charge in [0.15, 0.2) is 0 Å². The van der Waals surface area contributed by atoms with Gasteiger partial charge >= 0.3 is 0 Å². The molecule has 2 aromatic heterocycles. The molecule has 0 bridgehead atoms. The van der Waals surface area contributed by atoms with Crippen molar-refractivity contribution in [1.29, 1.82) is 5.41 Å². The molecule has 0 saturated carbocycles. The van der Waals surface area contributed by atoms with E-state index in [2.05, 4.69) is 41.4 Å². The van der Waals surface area contributed by atoms with Crippen molar-refractivity contribution in [1.82, 2.24) is 9.88 Å². The lowest BCUT2D eigenvalue weighted by Crippen LogP contribution is -2.22. The van der Waals surface area contributed by atoms with Crippen molar-refractivity contribution in [2.75, 3.05) is 24.2 Å². The summed E-state index contributed by atoms with van der Waals surface area (Å²) in [6, 6.07) is 9.65. The summed E-state index contributed by atoms with van der Waals surface area (Å²) in [6.45, 7) is 5.17. The first-order chi connectivity index (χ1) is 20.0. The fourth-order valence-electron chi connectivity index (χ4n) is 5.56. The molecule has 3 heterocycles. The zero-order valence-electron chi connectivity index (χ0n) is 23.5. The molecule has 1 aliphatic carbocycles. The fraction of sp³-hybridized carbons (Fsp3) is 0.333. The van der Waals surface area contributed by atoms with E-state index in [9.17, 15) is 18.5 Å². The van der Waals surface area contributed by atoms with Crippen LogP contribution in [0.3, 0.4) is 0 Å². The van der Waals surface area contributed by atoms with Gasteiger partial charge in [-0.1, -0.05) is 19.9 Å². The monoisotopic (exact) mass is 608 g/mol. The van der Waals surface area contributed by atoms with E-state index in [-0.39, 0.29) is 33.3 Å². The molecule has 1 fully saturated rings. The topological polar surface area (TPSA) is 144 Å². The second-order valence-electron chi connectivity index (χ2n) is 11.4. The first-order valence-corrected chi connectivity index (χ1v) is 15.2. The van der Waals surface area contributed by atoms with Gasteiger partial charge in [0.2, 0.25) is 0 Å². The van der Waals surface area contributed by atoms with Gasteiger partial charge < -0.3 is 26.3 Å². The van der Waals surface area contributed by atoms with E-state index >= 15 is 0 Å². The predicted molar refractivity (Wildman–Crippen MR) is 166 cm³/mol. The molecule has 1 saturated heterocycles. The number of anilines is 2. The maximum absolute atomic E-state index is 14.7. The number of hydrogen-bond acceptors (Lipinski definition) is 9. The van der Waals surface area contributed by atoms with Crippen LogP contribution < -0.4 is 16.4 Å². The van der Waals surface area contributed by atoms with Gasteiger partial charge in [-0.3, -0.25) is 14.5 Å². The Hall–Kier alpha value is -3.58. The second-order valence-corrected chi connectivity index (χ2v) is 13.2. The molecule has 42 heavy (non-hydrogen) atoms. The molecule has 0 radical (unpaired) electrons. The van der Waals surface area contributed by atoms with Gasteiger partial charge in [-0.25, -0.2) is 9.37 Å². The predicted octanol–water partition coefficient (Wildman–Crippen LogP) is 5.98. The minimum absolute atomic E-state index is 0.0551. The van der Waals surface area contributed by atoms with Crippen molar-refractivity contribution in [3.63, 3.8) is 0 Å². The quantitative estimate of drug-likeness (QED) is 0.114. The molecule has 12 heteroatoms. The summed E-state index contributed by atoms with van der Waals surface area (Å²) in [4.78, 5) is 33.3. The molecule has 5 rings (SSSR count). The molecule has 3 aromatic rings. The van der Waals surface area contributed by atoms with Gasteiger partial charge in [0.1, 0.15) is 17.3 Å². The number of nitrogens with zero attached hydrogens (tertiary/aromatic N) is 2. The van der Waals surface area contributed by atoms with Crippen LogP contribution in [0.5, 0.6) is 0 Å². The van der Waals surface area contributed by atoms with Crippen LogP contribution in [0, 0.1) is 16.6 Å². The number of pyridine rings is 1. The fourth-order valence-corrected chi connectivity index (χ4v) is 7.66. The molecule has 9 nitrogen and oxygen atoms in total. The molecule has 6 N–H and O–H groups in total. The summed E-state index contributed by atoms with van der Waals surface area (Å²) < 4.78 is 24.5. The van der Waals surface area contributed by atoms with Crippen LogP contribution in [0.15, 0.2) is 54.4 Å². The van der Waals surface area contributed by atoms with Crippen LogP contribution in [0.2, 0.25) is 0 Å². The molecule has 0 spiro atoms. The van der Waals surface area contributed by atoms with Crippen LogP contribution in [0.25, 0.3) is 0 Å². The van der Waals surface area contributed by atoms with Crippen LogP contribution >= 0.6 is 23.4 Å². The van der Waals surface area contributed by atoms with Crippen molar-refractivity contribution in [2.45, 2.75) is 44.4 Å². The summed E-state index contributed by atoms with van der Waals surface area (Å²) in [5, 5.41) is 13.9.